The van der Waals surface area contributed by atoms with Crippen LogP contribution in [0.3, 0.4) is 0 Å². The van der Waals surface area contributed by atoms with E-state index in [2.05, 4.69) is 6.58 Å². The van der Waals surface area contributed by atoms with E-state index in [9.17, 15) is 4.79 Å². The summed E-state index contributed by atoms with van der Waals surface area (Å²) in [6.07, 6.45) is 0.860. The summed E-state index contributed by atoms with van der Waals surface area (Å²) in [6, 6.07) is 0. The van der Waals surface area contributed by atoms with Gasteiger partial charge in [0, 0.05) is 5.57 Å². The first-order valence-electron chi connectivity index (χ1n) is 5.05. The number of rotatable bonds is 3. The highest BCUT2D eigenvalue weighted by Crippen LogP contribution is 1.91. The highest BCUT2D eigenvalue weighted by atomic mass is 32.3. The van der Waals surface area contributed by atoms with Gasteiger partial charge in [0.25, 0.3) is 0 Å². The largest absolute Gasteiger partial charge is 0.462 e. The van der Waals surface area contributed by atoms with Crippen LogP contribution in [0.1, 0.15) is 20.3 Å². The molecule has 0 aliphatic heterocycles. The summed E-state index contributed by atoms with van der Waals surface area (Å²) in [4.78, 5) is 12.6. The standard InChI is InChI=1S/C7H12O2.C3H9N.H2O4S/c1-4-5-9-7(8)6(2)3;1-4(2)3;1-5(2,3)4/h2,4-5H2,1,3H3;1-3H3;(H2,1,2,3,4). The maximum atomic E-state index is 10.6. The van der Waals surface area contributed by atoms with Gasteiger partial charge in [-0.2, -0.15) is 8.42 Å². The van der Waals surface area contributed by atoms with Gasteiger partial charge in [0.1, 0.15) is 0 Å². The third-order valence-corrected chi connectivity index (χ3v) is 0.786. The van der Waals surface area contributed by atoms with Crippen LogP contribution in [0.2, 0.25) is 0 Å². The van der Waals surface area contributed by atoms with Gasteiger partial charge in [0.15, 0.2) is 0 Å². The number of nitrogens with zero attached hydrogens (tertiary/aromatic N) is 1. The van der Waals surface area contributed by atoms with E-state index in [-0.39, 0.29) is 5.97 Å². The normalized spacial score (nSPS) is 9.56. The fourth-order valence-corrected chi connectivity index (χ4v) is 0.318. The summed E-state index contributed by atoms with van der Waals surface area (Å²) >= 11 is 0. The van der Waals surface area contributed by atoms with Crippen LogP contribution in [0.4, 0.5) is 0 Å². The summed E-state index contributed by atoms with van der Waals surface area (Å²) in [5, 5.41) is 0. The van der Waals surface area contributed by atoms with Gasteiger partial charge in [-0.05, 0) is 34.5 Å². The molecule has 0 rings (SSSR count). The molecule has 0 amide bonds. The molecule has 0 saturated heterocycles. The Morgan fingerprint density at radius 2 is 1.56 bits per heavy atom. The van der Waals surface area contributed by atoms with Crippen molar-refractivity contribution in [1.82, 2.24) is 4.90 Å². The zero-order chi connectivity index (χ0) is 15.4. The molecule has 0 aliphatic carbocycles. The molecule has 2 N–H and O–H groups in total. The predicted molar refractivity (Wildman–Crippen MR) is 69.9 cm³/mol. The monoisotopic (exact) mass is 285 g/mol. The second kappa shape index (κ2) is 12.5. The second-order valence-corrected chi connectivity index (χ2v) is 4.60. The highest BCUT2D eigenvalue weighted by Gasteiger charge is 1.99. The average Bonchev–Trinajstić information content (AvgIpc) is 2.10. The Labute approximate surface area is 109 Å². The molecule has 0 heterocycles. The van der Waals surface area contributed by atoms with Crippen molar-refractivity contribution >= 4 is 16.4 Å². The first kappa shape index (κ1) is 22.2. The Balaban J connectivity index is -0.000000212. The van der Waals surface area contributed by atoms with Gasteiger partial charge in [-0.1, -0.05) is 13.5 Å². The second-order valence-electron chi connectivity index (χ2n) is 3.71. The smallest absolute Gasteiger partial charge is 0.394 e. The van der Waals surface area contributed by atoms with Gasteiger partial charge in [-0.25, -0.2) is 4.79 Å². The minimum Gasteiger partial charge on any atom is -0.462 e. The zero-order valence-corrected chi connectivity index (χ0v) is 12.3. The molecule has 0 aromatic rings. The molecule has 0 aliphatic rings. The zero-order valence-electron chi connectivity index (χ0n) is 11.5. The van der Waals surface area contributed by atoms with Gasteiger partial charge in [-0.3, -0.25) is 9.11 Å². The molecule has 0 atom stereocenters. The van der Waals surface area contributed by atoms with E-state index in [1.54, 1.807) is 6.92 Å². The van der Waals surface area contributed by atoms with Crippen LogP contribution in [0.5, 0.6) is 0 Å². The summed E-state index contributed by atoms with van der Waals surface area (Å²) < 4.78 is 36.3. The maximum Gasteiger partial charge on any atom is 0.394 e. The Morgan fingerprint density at radius 1 is 1.28 bits per heavy atom. The Hall–Kier alpha value is -0.960. The van der Waals surface area contributed by atoms with Gasteiger partial charge < -0.3 is 9.64 Å². The molecule has 0 saturated carbocycles. The van der Waals surface area contributed by atoms with E-state index in [4.69, 9.17) is 22.3 Å². The van der Waals surface area contributed by atoms with E-state index in [1.165, 1.54) is 0 Å². The van der Waals surface area contributed by atoms with Crippen molar-refractivity contribution in [1.29, 1.82) is 0 Å². The molecule has 0 unspecified atom stereocenters. The summed E-state index contributed by atoms with van der Waals surface area (Å²) in [7, 11) is 1.33. The number of ether oxygens (including phenoxy) is 1. The number of hydrogen-bond donors (Lipinski definition) is 2. The molecule has 0 spiro atoms. The third kappa shape index (κ3) is 59.8. The Bertz CT molecular complexity index is 313. The van der Waals surface area contributed by atoms with E-state index < -0.39 is 10.4 Å². The molecule has 8 heteroatoms. The molecule has 7 nitrogen and oxygen atoms in total. The van der Waals surface area contributed by atoms with Crippen molar-refractivity contribution < 1.29 is 27.1 Å². The van der Waals surface area contributed by atoms with Crippen molar-refractivity contribution in [3.05, 3.63) is 12.2 Å². The lowest BCUT2D eigenvalue weighted by molar-refractivity contribution is -0.138. The summed E-state index contributed by atoms with van der Waals surface area (Å²) in [6.45, 7) is 7.51. The van der Waals surface area contributed by atoms with E-state index >= 15 is 0 Å². The highest BCUT2D eigenvalue weighted by molar-refractivity contribution is 7.79. The van der Waals surface area contributed by atoms with Crippen LogP contribution < -0.4 is 0 Å². The quantitative estimate of drug-likeness (QED) is 0.453. The van der Waals surface area contributed by atoms with E-state index in [0.717, 1.165) is 6.42 Å². The van der Waals surface area contributed by atoms with Crippen LogP contribution in [0.15, 0.2) is 12.2 Å². The van der Waals surface area contributed by atoms with Crippen LogP contribution >= 0.6 is 0 Å². The molecule has 0 aromatic heterocycles. The minimum absolute atomic E-state index is 0.295. The van der Waals surface area contributed by atoms with Crippen LogP contribution in [-0.4, -0.2) is 56.1 Å². The molecule has 0 aromatic carbocycles. The van der Waals surface area contributed by atoms with Gasteiger partial charge in [-0.15, -0.1) is 0 Å². The number of hydrogen-bond acceptors (Lipinski definition) is 5. The van der Waals surface area contributed by atoms with Crippen LogP contribution in [0, 0.1) is 0 Å². The average molecular weight is 285 g/mol. The van der Waals surface area contributed by atoms with Crippen LogP contribution in [0.25, 0.3) is 0 Å². The lowest BCUT2D eigenvalue weighted by atomic mass is 10.4. The van der Waals surface area contributed by atoms with E-state index in [0.29, 0.717) is 12.2 Å². The molecule has 18 heavy (non-hydrogen) atoms. The number of carbonyl (C=O) groups excluding carboxylic acids is 1. The fourth-order valence-electron chi connectivity index (χ4n) is 0.318. The Morgan fingerprint density at radius 3 is 1.72 bits per heavy atom. The van der Waals surface area contributed by atoms with Crippen molar-refractivity contribution in [2.45, 2.75) is 20.3 Å². The van der Waals surface area contributed by atoms with Gasteiger partial charge in [0.2, 0.25) is 0 Å². The predicted octanol–water partition coefficient (Wildman–Crippen LogP) is 1.04. The molecule has 0 radical (unpaired) electrons. The van der Waals surface area contributed by atoms with Gasteiger partial charge >= 0.3 is 16.4 Å². The fraction of sp³-hybridized carbons (Fsp3) is 0.700. The summed E-state index contributed by atoms with van der Waals surface area (Å²) in [5.74, 6) is -0.295. The first-order chi connectivity index (χ1) is 7.91. The third-order valence-electron chi connectivity index (χ3n) is 0.786. The maximum absolute atomic E-state index is 10.6. The molecular formula is C10H23NO6S. The van der Waals surface area contributed by atoms with Crippen molar-refractivity contribution in [3.8, 4) is 0 Å². The summed E-state index contributed by atoms with van der Waals surface area (Å²) in [5.41, 5.74) is 0.462. The molecule has 110 valence electrons. The molecule has 0 bridgehead atoms. The van der Waals surface area contributed by atoms with Crippen molar-refractivity contribution in [3.63, 3.8) is 0 Å². The molecular weight excluding hydrogens is 262 g/mol. The van der Waals surface area contributed by atoms with Crippen LogP contribution in [-0.2, 0) is 19.9 Å². The molecule has 0 fully saturated rings. The first-order valence-corrected chi connectivity index (χ1v) is 6.44. The SMILES string of the molecule is C=C(C)C(=O)OCCC.CN(C)C.O=S(=O)(O)O. The lowest BCUT2D eigenvalue weighted by Gasteiger charge is -1.99. The van der Waals surface area contributed by atoms with E-state index in [1.807, 2.05) is 33.0 Å². The number of esters is 1. The number of carbonyl (C=O) groups is 1. The van der Waals surface area contributed by atoms with Crippen molar-refractivity contribution in [2.24, 2.45) is 0 Å². The van der Waals surface area contributed by atoms with Crippen molar-refractivity contribution in [2.75, 3.05) is 27.7 Å². The lowest BCUT2D eigenvalue weighted by Crippen LogP contribution is -2.04. The minimum atomic E-state index is -4.67. The van der Waals surface area contributed by atoms with Gasteiger partial charge in [0.05, 0.1) is 6.61 Å². The Kier molecular flexibility index (Phi) is 15.4. The topological polar surface area (TPSA) is 104 Å².